The molecule has 0 N–H and O–H groups in total. The first kappa shape index (κ1) is 15.5. The van der Waals surface area contributed by atoms with Gasteiger partial charge in [-0.2, -0.15) is 8.42 Å². The van der Waals surface area contributed by atoms with Gasteiger partial charge < -0.3 is 0 Å². The highest BCUT2D eigenvalue weighted by Crippen LogP contribution is 2.26. The predicted octanol–water partition coefficient (Wildman–Crippen LogP) is 4.24. The Hall–Kier alpha value is -0.870. The minimum Gasteiger partial charge on any atom is -0.263 e. The van der Waals surface area contributed by atoms with Gasteiger partial charge in [-0.25, -0.2) is 0 Å². The monoisotopic (exact) mass is 296 g/mol. The van der Waals surface area contributed by atoms with Crippen LogP contribution in [-0.2, 0) is 14.3 Å². The van der Waals surface area contributed by atoms with Gasteiger partial charge in [0.05, 0.1) is 11.0 Å². The number of hydrogen-bond donors (Lipinski definition) is 0. The molecule has 3 nitrogen and oxygen atoms in total. The summed E-state index contributed by atoms with van der Waals surface area (Å²) in [7, 11) is -3.61. The Morgan fingerprint density at radius 3 is 2.30 bits per heavy atom. The molecule has 1 fully saturated rings. The predicted molar refractivity (Wildman–Crippen MR) is 80.3 cm³/mol. The second-order valence-corrected chi connectivity index (χ2v) is 7.26. The quantitative estimate of drug-likeness (QED) is 0.763. The highest BCUT2D eigenvalue weighted by atomic mass is 32.2. The van der Waals surface area contributed by atoms with Crippen LogP contribution in [0.1, 0.15) is 63.9 Å². The van der Waals surface area contributed by atoms with Crippen molar-refractivity contribution in [2.75, 3.05) is 0 Å². The van der Waals surface area contributed by atoms with Gasteiger partial charge in [0, 0.05) is 0 Å². The summed E-state index contributed by atoms with van der Waals surface area (Å²) in [5, 5.41) is 0. The van der Waals surface area contributed by atoms with E-state index < -0.39 is 10.1 Å². The highest BCUT2D eigenvalue weighted by Gasteiger charge is 2.23. The van der Waals surface area contributed by atoms with Crippen molar-refractivity contribution < 1.29 is 12.6 Å². The molecule has 0 aromatic heterocycles. The molecule has 0 radical (unpaired) electrons. The van der Waals surface area contributed by atoms with Crippen molar-refractivity contribution >= 4 is 10.1 Å². The Morgan fingerprint density at radius 1 is 1.15 bits per heavy atom. The summed E-state index contributed by atoms with van der Waals surface area (Å²) in [5.41, 5.74) is 1.17. The minimum atomic E-state index is -3.61. The van der Waals surface area contributed by atoms with Crippen LogP contribution in [0.15, 0.2) is 29.2 Å². The van der Waals surface area contributed by atoms with Gasteiger partial charge in [0.1, 0.15) is 0 Å². The highest BCUT2D eigenvalue weighted by molar-refractivity contribution is 7.86. The molecule has 20 heavy (non-hydrogen) atoms. The van der Waals surface area contributed by atoms with E-state index in [1.165, 1.54) is 12.0 Å². The average Bonchev–Trinajstić information content (AvgIpc) is 2.47. The van der Waals surface area contributed by atoms with Crippen molar-refractivity contribution in [1.82, 2.24) is 0 Å². The van der Waals surface area contributed by atoms with Gasteiger partial charge in [0.15, 0.2) is 0 Å². The molecule has 1 aliphatic carbocycles. The Labute approximate surface area is 122 Å². The Morgan fingerprint density at radius 2 is 1.75 bits per heavy atom. The van der Waals surface area contributed by atoms with E-state index in [4.69, 9.17) is 4.18 Å². The second-order valence-electron chi connectivity index (χ2n) is 5.69. The van der Waals surface area contributed by atoms with Crippen molar-refractivity contribution in [2.24, 2.45) is 0 Å². The normalized spacial score (nSPS) is 18.9. The van der Waals surface area contributed by atoms with Crippen LogP contribution < -0.4 is 0 Å². The van der Waals surface area contributed by atoms with Crippen LogP contribution in [0, 0.1) is 0 Å². The Bertz CT molecular complexity index is 513. The molecule has 0 heterocycles. The van der Waals surface area contributed by atoms with Crippen LogP contribution in [0.2, 0.25) is 0 Å². The topological polar surface area (TPSA) is 43.4 Å². The Balaban J connectivity index is 2.08. The van der Waals surface area contributed by atoms with Crippen LogP contribution in [-0.4, -0.2) is 14.5 Å². The summed E-state index contributed by atoms with van der Waals surface area (Å²) in [6.07, 6.45) is 5.92. The van der Waals surface area contributed by atoms with Crippen molar-refractivity contribution in [1.29, 1.82) is 0 Å². The molecule has 0 amide bonds. The van der Waals surface area contributed by atoms with Gasteiger partial charge in [-0.05, 0) is 42.9 Å². The van der Waals surface area contributed by atoms with E-state index in [2.05, 4.69) is 13.8 Å². The first-order chi connectivity index (χ1) is 9.53. The molecule has 0 saturated heterocycles. The maximum Gasteiger partial charge on any atom is 0.297 e. The van der Waals surface area contributed by atoms with E-state index in [1.807, 2.05) is 12.1 Å². The summed E-state index contributed by atoms with van der Waals surface area (Å²) in [6.45, 7) is 4.27. The zero-order valence-electron chi connectivity index (χ0n) is 12.3. The molecule has 1 aromatic carbocycles. The van der Waals surface area contributed by atoms with Crippen molar-refractivity contribution in [3.05, 3.63) is 29.8 Å². The Kier molecular flexibility index (Phi) is 5.22. The maximum absolute atomic E-state index is 12.2. The molecule has 112 valence electrons. The lowest BCUT2D eigenvalue weighted by Gasteiger charge is -2.21. The summed E-state index contributed by atoms with van der Waals surface area (Å²) < 4.78 is 29.8. The van der Waals surface area contributed by atoms with Gasteiger partial charge in [-0.3, -0.25) is 4.18 Å². The molecule has 1 saturated carbocycles. The molecule has 1 aromatic rings. The zero-order valence-corrected chi connectivity index (χ0v) is 13.2. The average molecular weight is 296 g/mol. The smallest absolute Gasteiger partial charge is 0.263 e. The van der Waals surface area contributed by atoms with Gasteiger partial charge in [-0.15, -0.1) is 0 Å². The van der Waals surface area contributed by atoms with E-state index in [9.17, 15) is 8.42 Å². The molecule has 0 aliphatic heterocycles. The van der Waals surface area contributed by atoms with Crippen molar-refractivity contribution in [2.45, 2.75) is 69.3 Å². The molecule has 2 rings (SSSR count). The number of benzene rings is 1. The number of rotatable bonds is 5. The van der Waals surface area contributed by atoms with Gasteiger partial charge in [0.2, 0.25) is 0 Å². The molecule has 1 unspecified atom stereocenters. The fourth-order valence-corrected chi connectivity index (χ4v) is 3.73. The van der Waals surface area contributed by atoms with Crippen molar-refractivity contribution in [3.8, 4) is 0 Å². The third-order valence-corrected chi connectivity index (χ3v) is 5.54. The van der Waals surface area contributed by atoms with E-state index in [0.717, 1.165) is 32.1 Å². The maximum atomic E-state index is 12.2. The fourth-order valence-electron chi connectivity index (χ4n) is 2.59. The molecule has 0 spiro atoms. The summed E-state index contributed by atoms with van der Waals surface area (Å²) >= 11 is 0. The standard InChI is InChI=1S/C16H24O3S/c1-3-13(2)14-9-11-16(12-10-14)20(17,18)19-15-7-5-4-6-8-15/h9-13,15H,3-8H2,1-2H3. The summed E-state index contributed by atoms with van der Waals surface area (Å²) in [4.78, 5) is 0.273. The fraction of sp³-hybridized carbons (Fsp3) is 0.625. The van der Waals surface area contributed by atoms with Crippen LogP contribution in [0.3, 0.4) is 0 Å². The lowest BCUT2D eigenvalue weighted by molar-refractivity contribution is 0.162. The minimum absolute atomic E-state index is 0.136. The van der Waals surface area contributed by atoms with Crippen LogP contribution in [0.4, 0.5) is 0 Å². The SMILES string of the molecule is CCC(C)c1ccc(S(=O)(=O)OC2CCCCC2)cc1. The molecule has 1 aliphatic rings. The van der Waals surface area contributed by atoms with Crippen molar-refractivity contribution in [3.63, 3.8) is 0 Å². The third-order valence-electron chi connectivity index (χ3n) is 4.17. The van der Waals surface area contributed by atoms with Crippen LogP contribution in [0.5, 0.6) is 0 Å². The van der Waals surface area contributed by atoms with E-state index in [1.54, 1.807) is 12.1 Å². The lowest BCUT2D eigenvalue weighted by atomic mass is 9.98. The molecular weight excluding hydrogens is 272 g/mol. The first-order valence-electron chi connectivity index (χ1n) is 7.56. The molecule has 4 heteroatoms. The van der Waals surface area contributed by atoms with E-state index in [-0.39, 0.29) is 11.0 Å². The van der Waals surface area contributed by atoms with Gasteiger partial charge >= 0.3 is 0 Å². The first-order valence-corrected chi connectivity index (χ1v) is 8.97. The summed E-state index contributed by atoms with van der Waals surface area (Å²) in [6, 6.07) is 7.12. The van der Waals surface area contributed by atoms with Gasteiger partial charge in [0.25, 0.3) is 10.1 Å². The van der Waals surface area contributed by atoms with Crippen LogP contribution in [0.25, 0.3) is 0 Å². The molecule has 0 bridgehead atoms. The third kappa shape index (κ3) is 3.83. The second kappa shape index (κ2) is 6.72. The number of hydrogen-bond acceptors (Lipinski definition) is 3. The lowest BCUT2D eigenvalue weighted by Crippen LogP contribution is -2.21. The zero-order chi connectivity index (χ0) is 14.6. The molecular formula is C16H24O3S. The van der Waals surface area contributed by atoms with E-state index in [0.29, 0.717) is 5.92 Å². The molecule has 1 atom stereocenters. The largest absolute Gasteiger partial charge is 0.297 e. The summed E-state index contributed by atoms with van der Waals surface area (Å²) in [5.74, 6) is 0.450. The van der Waals surface area contributed by atoms with E-state index >= 15 is 0 Å². The van der Waals surface area contributed by atoms with Crippen LogP contribution >= 0.6 is 0 Å². The van der Waals surface area contributed by atoms with Gasteiger partial charge in [-0.1, -0.05) is 45.2 Å².